The Labute approximate surface area is 185 Å². The molecule has 0 bridgehead atoms. The molecule has 0 heterocycles. The van der Waals surface area contributed by atoms with Gasteiger partial charge in [0.1, 0.15) is 6.61 Å². The van der Waals surface area contributed by atoms with E-state index in [-0.39, 0.29) is 12.4 Å². The zero-order valence-electron chi connectivity index (χ0n) is 15.2. The molecular formula is C19H23BrCl3NO3. The second-order valence-corrected chi connectivity index (χ2v) is 7.34. The Kier molecular flexibility index (Phi) is 11.5. The van der Waals surface area contributed by atoms with Crippen LogP contribution in [-0.4, -0.2) is 27.4 Å². The van der Waals surface area contributed by atoms with Gasteiger partial charge in [0.15, 0.2) is 11.5 Å². The van der Waals surface area contributed by atoms with E-state index in [2.05, 4.69) is 21.2 Å². The number of nitrogens with one attached hydrogen (secondary N) is 1. The van der Waals surface area contributed by atoms with E-state index in [1.165, 1.54) is 0 Å². The summed E-state index contributed by atoms with van der Waals surface area (Å²) in [6.45, 7) is 2.75. The highest BCUT2D eigenvalue weighted by molar-refractivity contribution is 9.10. The Bertz CT molecular complexity index is 732. The standard InChI is InChI=1S/C19H22BrCl2NO3.ClH/c1-24-7-3-6-23-11-14-8-15(20)19(18(10-14)25-2)26-12-13-4-5-16(21)17(22)9-13;/h4-5,8-10,23H,3,6-7,11-12H2,1-2H3;1H. The molecule has 0 aliphatic heterocycles. The first kappa shape index (κ1) is 24.3. The predicted molar refractivity (Wildman–Crippen MR) is 117 cm³/mol. The molecule has 0 saturated heterocycles. The minimum absolute atomic E-state index is 0. The molecule has 0 atom stereocenters. The summed E-state index contributed by atoms with van der Waals surface area (Å²) in [7, 11) is 3.34. The van der Waals surface area contributed by atoms with E-state index in [4.69, 9.17) is 37.4 Å². The molecule has 2 rings (SSSR count). The van der Waals surface area contributed by atoms with Crippen LogP contribution in [0.4, 0.5) is 0 Å². The molecule has 0 aromatic heterocycles. The zero-order valence-corrected chi connectivity index (χ0v) is 19.1. The van der Waals surface area contributed by atoms with Crippen LogP contribution in [0, 0.1) is 0 Å². The minimum Gasteiger partial charge on any atom is -0.493 e. The van der Waals surface area contributed by atoms with Crippen molar-refractivity contribution in [2.24, 2.45) is 0 Å². The van der Waals surface area contributed by atoms with Crippen LogP contribution < -0.4 is 14.8 Å². The molecule has 0 aliphatic carbocycles. The molecule has 0 amide bonds. The lowest BCUT2D eigenvalue weighted by molar-refractivity contribution is 0.194. The molecule has 4 nitrogen and oxygen atoms in total. The maximum absolute atomic E-state index is 6.05. The average Bonchev–Trinajstić information content (AvgIpc) is 2.63. The Morgan fingerprint density at radius 1 is 1.04 bits per heavy atom. The summed E-state index contributed by atoms with van der Waals surface area (Å²) in [6.07, 6.45) is 0.972. The van der Waals surface area contributed by atoms with E-state index in [9.17, 15) is 0 Å². The summed E-state index contributed by atoms with van der Waals surface area (Å²) in [5.41, 5.74) is 2.03. The van der Waals surface area contributed by atoms with Crippen molar-refractivity contribution in [2.45, 2.75) is 19.6 Å². The topological polar surface area (TPSA) is 39.7 Å². The molecular weight excluding hydrogens is 476 g/mol. The molecule has 1 N–H and O–H groups in total. The highest BCUT2D eigenvalue weighted by atomic mass is 79.9. The fourth-order valence-corrected chi connectivity index (χ4v) is 3.30. The lowest BCUT2D eigenvalue weighted by atomic mass is 10.2. The molecule has 0 fully saturated rings. The summed E-state index contributed by atoms with van der Waals surface area (Å²) < 4.78 is 17.3. The third kappa shape index (κ3) is 7.68. The second kappa shape index (κ2) is 12.7. The third-order valence-electron chi connectivity index (χ3n) is 3.69. The van der Waals surface area contributed by atoms with Gasteiger partial charge in [-0.15, -0.1) is 12.4 Å². The Morgan fingerprint density at radius 3 is 2.48 bits per heavy atom. The number of halogens is 4. The van der Waals surface area contributed by atoms with Crippen molar-refractivity contribution in [2.75, 3.05) is 27.4 Å². The van der Waals surface area contributed by atoms with Crippen LogP contribution in [0.2, 0.25) is 10.0 Å². The van der Waals surface area contributed by atoms with Crippen LogP contribution in [-0.2, 0) is 17.9 Å². The van der Waals surface area contributed by atoms with Gasteiger partial charge in [-0.25, -0.2) is 0 Å². The van der Waals surface area contributed by atoms with Crippen LogP contribution in [0.3, 0.4) is 0 Å². The third-order valence-corrected chi connectivity index (χ3v) is 5.02. The maximum atomic E-state index is 6.05. The van der Waals surface area contributed by atoms with Crippen LogP contribution in [0.15, 0.2) is 34.8 Å². The number of hydrogen-bond donors (Lipinski definition) is 1. The summed E-state index contributed by atoms with van der Waals surface area (Å²) in [4.78, 5) is 0. The molecule has 0 unspecified atom stereocenters. The highest BCUT2D eigenvalue weighted by Gasteiger charge is 2.12. The second-order valence-electron chi connectivity index (χ2n) is 5.67. The molecule has 0 saturated carbocycles. The quantitative estimate of drug-likeness (QED) is 0.414. The highest BCUT2D eigenvalue weighted by Crippen LogP contribution is 2.37. The molecule has 0 aliphatic rings. The molecule has 0 radical (unpaired) electrons. The fourth-order valence-electron chi connectivity index (χ4n) is 2.37. The monoisotopic (exact) mass is 497 g/mol. The van der Waals surface area contributed by atoms with Crippen molar-refractivity contribution >= 4 is 51.5 Å². The Morgan fingerprint density at radius 2 is 1.81 bits per heavy atom. The van der Waals surface area contributed by atoms with Gasteiger partial charge in [0.05, 0.1) is 21.6 Å². The van der Waals surface area contributed by atoms with Gasteiger partial charge in [0.2, 0.25) is 0 Å². The van der Waals surface area contributed by atoms with Crippen molar-refractivity contribution in [1.82, 2.24) is 5.32 Å². The summed E-state index contributed by atoms with van der Waals surface area (Å²) >= 11 is 15.6. The van der Waals surface area contributed by atoms with Crippen LogP contribution in [0.1, 0.15) is 17.5 Å². The van der Waals surface area contributed by atoms with Crippen molar-refractivity contribution in [3.8, 4) is 11.5 Å². The number of ether oxygens (including phenoxy) is 3. The molecule has 27 heavy (non-hydrogen) atoms. The molecule has 150 valence electrons. The smallest absolute Gasteiger partial charge is 0.175 e. The SMILES string of the molecule is COCCCNCc1cc(Br)c(OCc2ccc(Cl)c(Cl)c2)c(OC)c1.Cl. The van der Waals surface area contributed by atoms with Gasteiger partial charge < -0.3 is 19.5 Å². The number of hydrogen-bond acceptors (Lipinski definition) is 4. The van der Waals surface area contributed by atoms with Gasteiger partial charge in [-0.3, -0.25) is 0 Å². The van der Waals surface area contributed by atoms with E-state index < -0.39 is 0 Å². The van der Waals surface area contributed by atoms with Crippen LogP contribution >= 0.6 is 51.5 Å². The van der Waals surface area contributed by atoms with Crippen molar-refractivity contribution in [1.29, 1.82) is 0 Å². The molecule has 2 aromatic carbocycles. The van der Waals surface area contributed by atoms with Crippen molar-refractivity contribution in [3.63, 3.8) is 0 Å². The van der Waals surface area contributed by atoms with Gasteiger partial charge >= 0.3 is 0 Å². The molecule has 0 spiro atoms. The Balaban J connectivity index is 0.00000364. The maximum Gasteiger partial charge on any atom is 0.175 e. The predicted octanol–water partition coefficient (Wildman–Crippen LogP) is 5.89. The van der Waals surface area contributed by atoms with Crippen LogP contribution in [0.5, 0.6) is 11.5 Å². The number of benzene rings is 2. The van der Waals surface area contributed by atoms with Gasteiger partial charge in [0.25, 0.3) is 0 Å². The summed E-state index contributed by atoms with van der Waals surface area (Å²) in [5, 5.41) is 4.41. The van der Waals surface area contributed by atoms with E-state index in [1.807, 2.05) is 18.2 Å². The fraction of sp³-hybridized carbons (Fsp3) is 0.368. The molecule has 2 aromatic rings. The van der Waals surface area contributed by atoms with E-state index >= 15 is 0 Å². The lowest BCUT2D eigenvalue weighted by Gasteiger charge is -2.15. The first-order chi connectivity index (χ1) is 12.5. The largest absolute Gasteiger partial charge is 0.493 e. The van der Waals surface area contributed by atoms with Crippen LogP contribution in [0.25, 0.3) is 0 Å². The first-order valence-corrected chi connectivity index (χ1v) is 9.72. The number of methoxy groups -OCH3 is 2. The zero-order chi connectivity index (χ0) is 18.9. The van der Waals surface area contributed by atoms with Gasteiger partial charge in [-0.1, -0.05) is 29.3 Å². The number of rotatable bonds is 10. The lowest BCUT2D eigenvalue weighted by Crippen LogP contribution is -2.16. The minimum atomic E-state index is 0. The van der Waals surface area contributed by atoms with E-state index in [1.54, 1.807) is 26.4 Å². The normalized spacial score (nSPS) is 10.4. The first-order valence-electron chi connectivity index (χ1n) is 8.18. The molecule has 8 heteroatoms. The van der Waals surface area contributed by atoms with E-state index in [0.717, 1.165) is 41.7 Å². The summed E-state index contributed by atoms with van der Waals surface area (Å²) in [5.74, 6) is 1.33. The van der Waals surface area contributed by atoms with Gasteiger partial charge in [0, 0.05) is 20.3 Å². The van der Waals surface area contributed by atoms with Gasteiger partial charge in [-0.05, 0) is 64.3 Å². The van der Waals surface area contributed by atoms with E-state index in [0.29, 0.717) is 28.2 Å². The van der Waals surface area contributed by atoms with Crippen molar-refractivity contribution in [3.05, 3.63) is 56.0 Å². The average molecular weight is 500 g/mol. The summed E-state index contributed by atoms with van der Waals surface area (Å²) in [6, 6.07) is 9.43. The Hall–Kier alpha value is -0.690. The van der Waals surface area contributed by atoms with Gasteiger partial charge in [-0.2, -0.15) is 0 Å². The van der Waals surface area contributed by atoms with Crippen molar-refractivity contribution < 1.29 is 14.2 Å².